The Morgan fingerprint density at radius 1 is 1.09 bits per heavy atom. The zero-order valence-corrected chi connectivity index (χ0v) is 13.1. The van der Waals surface area contributed by atoms with Crippen LogP contribution in [0, 0.1) is 17.1 Å². The van der Waals surface area contributed by atoms with Crippen molar-refractivity contribution in [2.24, 2.45) is 0 Å². The first-order valence-electron chi connectivity index (χ1n) is 7.82. The van der Waals surface area contributed by atoms with Crippen molar-refractivity contribution in [3.63, 3.8) is 0 Å². The Morgan fingerprint density at radius 2 is 1.91 bits per heavy atom. The van der Waals surface area contributed by atoms with E-state index in [0.717, 1.165) is 42.8 Å². The van der Waals surface area contributed by atoms with Crippen molar-refractivity contribution < 1.29 is 9.13 Å². The third kappa shape index (κ3) is 6.50. The third-order valence-corrected chi connectivity index (χ3v) is 3.43. The molecule has 0 aliphatic rings. The number of nitriles is 1. The summed E-state index contributed by atoms with van der Waals surface area (Å²) in [5.74, 6) is 0.633. The van der Waals surface area contributed by atoms with Gasteiger partial charge in [-0.25, -0.2) is 4.39 Å². The molecule has 2 aromatic carbocycles. The molecular formula is C19H21FN2O. The molecule has 0 spiro atoms. The van der Waals surface area contributed by atoms with Gasteiger partial charge in [-0.05, 0) is 54.8 Å². The van der Waals surface area contributed by atoms with E-state index in [4.69, 9.17) is 10.00 Å². The van der Waals surface area contributed by atoms with Gasteiger partial charge in [-0.1, -0.05) is 24.3 Å². The van der Waals surface area contributed by atoms with Gasteiger partial charge in [-0.3, -0.25) is 0 Å². The fourth-order valence-corrected chi connectivity index (χ4v) is 2.20. The van der Waals surface area contributed by atoms with Gasteiger partial charge in [-0.2, -0.15) is 5.26 Å². The van der Waals surface area contributed by atoms with Crippen LogP contribution in [-0.2, 0) is 13.0 Å². The van der Waals surface area contributed by atoms with Crippen molar-refractivity contribution in [2.45, 2.75) is 25.8 Å². The van der Waals surface area contributed by atoms with Crippen LogP contribution in [0.2, 0.25) is 0 Å². The van der Waals surface area contributed by atoms with Crippen LogP contribution in [0.15, 0.2) is 48.5 Å². The van der Waals surface area contributed by atoms with E-state index in [0.29, 0.717) is 13.0 Å². The number of nitrogens with zero attached hydrogens (tertiary/aromatic N) is 1. The van der Waals surface area contributed by atoms with E-state index in [2.05, 4.69) is 11.4 Å². The summed E-state index contributed by atoms with van der Waals surface area (Å²) in [6.07, 6.45) is 2.13. The number of benzene rings is 2. The summed E-state index contributed by atoms with van der Waals surface area (Å²) in [5.41, 5.74) is 2.27. The normalized spacial score (nSPS) is 10.3. The Labute approximate surface area is 136 Å². The predicted octanol–water partition coefficient (Wildman–Crippen LogP) is 3.84. The number of unbranched alkanes of at least 4 members (excludes halogenated alkanes) is 1. The number of rotatable bonds is 9. The van der Waals surface area contributed by atoms with Crippen LogP contribution in [0.5, 0.6) is 5.75 Å². The quantitative estimate of drug-likeness (QED) is 0.716. The Hall–Kier alpha value is -2.38. The van der Waals surface area contributed by atoms with Gasteiger partial charge < -0.3 is 10.1 Å². The number of hydrogen-bond donors (Lipinski definition) is 1. The molecule has 0 saturated heterocycles. The maximum Gasteiger partial charge on any atom is 0.123 e. The lowest BCUT2D eigenvalue weighted by Crippen LogP contribution is -2.16. The molecule has 0 saturated carbocycles. The maximum atomic E-state index is 12.8. The molecule has 0 heterocycles. The Balaban J connectivity index is 1.70. The average Bonchev–Trinajstić information content (AvgIpc) is 2.58. The van der Waals surface area contributed by atoms with Gasteiger partial charge in [0.2, 0.25) is 0 Å². The zero-order chi connectivity index (χ0) is 16.3. The molecule has 4 heteroatoms. The number of ether oxygens (including phenoxy) is 1. The minimum absolute atomic E-state index is 0.201. The minimum atomic E-state index is -0.201. The fraction of sp³-hybridized carbons (Fsp3) is 0.316. The zero-order valence-electron chi connectivity index (χ0n) is 13.1. The monoisotopic (exact) mass is 312 g/mol. The summed E-state index contributed by atoms with van der Waals surface area (Å²) in [6.45, 7) is 2.16. The first-order valence-corrected chi connectivity index (χ1v) is 7.82. The maximum absolute atomic E-state index is 12.8. The van der Waals surface area contributed by atoms with Crippen molar-refractivity contribution in [1.82, 2.24) is 5.32 Å². The Bertz CT molecular complexity index is 635. The van der Waals surface area contributed by atoms with E-state index in [1.807, 2.05) is 36.4 Å². The van der Waals surface area contributed by atoms with Crippen LogP contribution in [0.3, 0.4) is 0 Å². The predicted molar refractivity (Wildman–Crippen MR) is 88.6 cm³/mol. The molecule has 0 aromatic heterocycles. The molecule has 0 aliphatic carbocycles. The minimum Gasteiger partial charge on any atom is -0.494 e. The van der Waals surface area contributed by atoms with E-state index >= 15 is 0 Å². The molecule has 0 bridgehead atoms. The lowest BCUT2D eigenvalue weighted by atomic mass is 10.1. The summed E-state index contributed by atoms with van der Waals surface area (Å²) >= 11 is 0. The Kier molecular flexibility index (Phi) is 7.09. The molecule has 0 unspecified atom stereocenters. The van der Waals surface area contributed by atoms with Crippen molar-refractivity contribution in [2.75, 3.05) is 13.2 Å². The molecule has 0 fully saturated rings. The third-order valence-electron chi connectivity index (χ3n) is 3.43. The summed E-state index contributed by atoms with van der Waals surface area (Å²) in [5, 5.41) is 11.9. The van der Waals surface area contributed by atoms with E-state index in [1.54, 1.807) is 0 Å². The first kappa shape index (κ1) is 17.0. The van der Waals surface area contributed by atoms with E-state index < -0.39 is 0 Å². The van der Waals surface area contributed by atoms with Crippen LogP contribution >= 0.6 is 0 Å². The Morgan fingerprint density at radius 3 is 2.70 bits per heavy atom. The molecule has 0 atom stereocenters. The molecular weight excluding hydrogens is 291 g/mol. The SMILES string of the molecule is N#CCCCOc1cccc(CNCCc2ccc(F)cc2)c1. The van der Waals surface area contributed by atoms with Crippen molar-refractivity contribution >= 4 is 0 Å². The molecule has 1 N–H and O–H groups in total. The van der Waals surface area contributed by atoms with Crippen molar-refractivity contribution in [3.8, 4) is 11.8 Å². The van der Waals surface area contributed by atoms with Crippen molar-refractivity contribution in [1.29, 1.82) is 5.26 Å². The summed E-state index contributed by atoms with van der Waals surface area (Å²) < 4.78 is 18.4. The van der Waals surface area contributed by atoms with Gasteiger partial charge in [0.25, 0.3) is 0 Å². The van der Waals surface area contributed by atoms with E-state index in [-0.39, 0.29) is 5.82 Å². The lowest BCUT2D eigenvalue weighted by molar-refractivity contribution is 0.312. The molecule has 23 heavy (non-hydrogen) atoms. The van der Waals surface area contributed by atoms with Gasteiger partial charge >= 0.3 is 0 Å². The largest absolute Gasteiger partial charge is 0.494 e. The number of nitrogens with one attached hydrogen (secondary N) is 1. The number of hydrogen-bond acceptors (Lipinski definition) is 3. The topological polar surface area (TPSA) is 45.0 Å². The van der Waals surface area contributed by atoms with Gasteiger partial charge in [0.1, 0.15) is 11.6 Å². The second-order valence-electron chi connectivity index (χ2n) is 5.31. The van der Waals surface area contributed by atoms with Crippen LogP contribution in [0.1, 0.15) is 24.0 Å². The molecule has 0 aliphatic heterocycles. The number of halogens is 1. The van der Waals surface area contributed by atoms with Gasteiger partial charge in [0, 0.05) is 13.0 Å². The van der Waals surface area contributed by atoms with Crippen LogP contribution in [-0.4, -0.2) is 13.2 Å². The van der Waals surface area contributed by atoms with Crippen molar-refractivity contribution in [3.05, 3.63) is 65.5 Å². The highest BCUT2D eigenvalue weighted by atomic mass is 19.1. The summed E-state index contributed by atoms with van der Waals surface area (Å²) in [6, 6.07) is 16.7. The molecule has 2 aromatic rings. The lowest BCUT2D eigenvalue weighted by Gasteiger charge is -2.08. The highest BCUT2D eigenvalue weighted by Crippen LogP contribution is 2.13. The smallest absolute Gasteiger partial charge is 0.123 e. The fourth-order valence-electron chi connectivity index (χ4n) is 2.20. The molecule has 3 nitrogen and oxygen atoms in total. The molecule has 120 valence electrons. The standard InChI is InChI=1S/C19H21FN2O/c20-18-8-6-16(7-9-18)10-12-22-15-17-4-3-5-19(14-17)23-13-2-1-11-21/h3-9,14,22H,1-2,10,12-13,15H2. The average molecular weight is 312 g/mol. The second-order valence-corrected chi connectivity index (χ2v) is 5.31. The van der Waals surface area contributed by atoms with Gasteiger partial charge in [0.05, 0.1) is 12.7 Å². The highest BCUT2D eigenvalue weighted by molar-refractivity contribution is 5.28. The molecule has 2 rings (SSSR count). The summed E-state index contributed by atoms with van der Waals surface area (Å²) in [4.78, 5) is 0. The molecule has 0 amide bonds. The first-order chi connectivity index (χ1) is 11.3. The summed E-state index contributed by atoms with van der Waals surface area (Å²) in [7, 11) is 0. The van der Waals surface area contributed by atoms with Gasteiger partial charge in [0.15, 0.2) is 0 Å². The second kappa shape index (κ2) is 9.60. The highest BCUT2D eigenvalue weighted by Gasteiger charge is 1.98. The van der Waals surface area contributed by atoms with E-state index in [9.17, 15) is 4.39 Å². The van der Waals surface area contributed by atoms with E-state index in [1.165, 1.54) is 12.1 Å². The molecule has 0 radical (unpaired) electrons. The van der Waals surface area contributed by atoms with Crippen LogP contribution in [0.4, 0.5) is 4.39 Å². The van der Waals surface area contributed by atoms with Crippen LogP contribution in [0.25, 0.3) is 0 Å². The van der Waals surface area contributed by atoms with Gasteiger partial charge in [-0.15, -0.1) is 0 Å². The van der Waals surface area contributed by atoms with Crippen LogP contribution < -0.4 is 10.1 Å².